The Balaban J connectivity index is 0.881. The van der Waals surface area contributed by atoms with Gasteiger partial charge in [-0.15, -0.1) is 0 Å². The van der Waals surface area contributed by atoms with Crippen LogP contribution in [0, 0.1) is 0 Å². The number of para-hydroxylation sites is 2. The van der Waals surface area contributed by atoms with Crippen molar-refractivity contribution in [3.05, 3.63) is 285 Å². The van der Waals surface area contributed by atoms with Crippen LogP contribution in [0.4, 0.5) is 0 Å². The van der Waals surface area contributed by atoms with E-state index in [0.29, 0.717) is 5.82 Å². The fraction of sp³-hybridized carbons (Fsp3) is 0. The molecule has 0 aliphatic carbocycles. The van der Waals surface area contributed by atoms with E-state index in [4.69, 9.17) is 9.97 Å². The van der Waals surface area contributed by atoms with E-state index in [9.17, 15) is 0 Å². The summed E-state index contributed by atoms with van der Waals surface area (Å²) in [4.78, 5) is 10.7. The molecule has 0 aliphatic rings. The molecular formula is C70H47N3. The molecule has 0 spiro atoms. The lowest BCUT2D eigenvalue weighted by Gasteiger charge is -2.13. The molecule has 342 valence electrons. The first-order chi connectivity index (χ1) is 36.1. The molecule has 13 aromatic rings. The van der Waals surface area contributed by atoms with Gasteiger partial charge in [-0.2, -0.15) is 0 Å². The van der Waals surface area contributed by atoms with Gasteiger partial charge in [-0.25, -0.2) is 9.97 Å². The molecule has 0 bridgehead atoms. The van der Waals surface area contributed by atoms with Gasteiger partial charge >= 0.3 is 0 Å². The Bertz CT molecular complexity index is 4080. The third-order valence-electron chi connectivity index (χ3n) is 14.0. The van der Waals surface area contributed by atoms with Gasteiger partial charge in [-0.3, -0.25) is 0 Å². The van der Waals surface area contributed by atoms with Crippen LogP contribution >= 0.6 is 0 Å². The van der Waals surface area contributed by atoms with Crippen molar-refractivity contribution in [2.75, 3.05) is 0 Å². The second kappa shape index (κ2) is 18.9. The summed E-state index contributed by atoms with van der Waals surface area (Å²) in [5.74, 6) is 0.668. The van der Waals surface area contributed by atoms with Gasteiger partial charge in [-0.1, -0.05) is 224 Å². The second-order valence-electron chi connectivity index (χ2n) is 18.6. The molecule has 3 heteroatoms. The number of rotatable bonds is 10. The smallest absolute Gasteiger partial charge is 0.160 e. The lowest BCUT2D eigenvalue weighted by Crippen LogP contribution is -1.97. The summed E-state index contributed by atoms with van der Waals surface area (Å²) in [6.07, 6.45) is 0. The molecule has 0 radical (unpaired) electrons. The first-order valence-corrected chi connectivity index (χ1v) is 24.9. The standard InChI is InChI=1S/C70H47N3/c1-3-17-48(18-4-1)52-21-11-24-55(41-52)56-25-13-23-54(43-56)50-37-39-51(40-38-50)66-47-67(72-70(71-66)62-31-15-28-59(45-62)57-26-12-22-53(42-57)49-19-5-2-6-20-49)61-30-14-27-58(44-61)60-29-16-32-63(46-60)73-68-35-9-7-33-64(68)65-34-8-10-36-69(65)73/h1-47H. The van der Waals surface area contributed by atoms with E-state index in [2.05, 4.69) is 290 Å². The summed E-state index contributed by atoms with van der Waals surface area (Å²) in [6, 6.07) is 102. The normalized spacial score (nSPS) is 11.3. The van der Waals surface area contributed by atoms with Crippen molar-refractivity contribution in [2.24, 2.45) is 0 Å². The zero-order valence-corrected chi connectivity index (χ0v) is 40.0. The predicted octanol–water partition coefficient (Wildman–Crippen LogP) is 18.6. The van der Waals surface area contributed by atoms with E-state index in [1.807, 2.05) is 0 Å². The van der Waals surface area contributed by atoms with Crippen LogP contribution in [-0.4, -0.2) is 14.5 Å². The van der Waals surface area contributed by atoms with E-state index in [1.54, 1.807) is 0 Å². The van der Waals surface area contributed by atoms with Crippen LogP contribution in [0.1, 0.15) is 0 Å². The SMILES string of the molecule is c1ccc(-c2cccc(-c3cccc(-c4ccc(-c5cc(-c6cccc(-c7cccc(-n8c9ccccc9c9ccccc98)c7)c6)nc(-c6cccc(-c7cccc(-c8ccccc8)c7)c6)n5)cc4)c3)c2)cc1. The monoisotopic (exact) mass is 929 g/mol. The van der Waals surface area contributed by atoms with E-state index in [-0.39, 0.29) is 0 Å². The highest BCUT2D eigenvalue weighted by molar-refractivity contribution is 6.09. The van der Waals surface area contributed by atoms with Crippen LogP contribution in [0.2, 0.25) is 0 Å². The minimum absolute atomic E-state index is 0.668. The molecule has 0 saturated carbocycles. The van der Waals surface area contributed by atoms with E-state index >= 15 is 0 Å². The highest BCUT2D eigenvalue weighted by Crippen LogP contribution is 2.37. The van der Waals surface area contributed by atoms with E-state index in [0.717, 1.165) is 67.1 Å². The van der Waals surface area contributed by atoms with Crippen molar-refractivity contribution in [3.8, 4) is 106 Å². The molecule has 13 rings (SSSR count). The fourth-order valence-corrected chi connectivity index (χ4v) is 10.3. The van der Waals surface area contributed by atoms with Crippen LogP contribution in [0.15, 0.2) is 285 Å². The molecule has 2 heterocycles. The summed E-state index contributed by atoms with van der Waals surface area (Å²) in [5, 5.41) is 2.49. The molecule has 2 aromatic heterocycles. The van der Waals surface area contributed by atoms with Crippen LogP contribution < -0.4 is 0 Å². The Hall–Kier alpha value is -9.70. The number of hydrogen-bond acceptors (Lipinski definition) is 2. The van der Waals surface area contributed by atoms with Gasteiger partial charge < -0.3 is 4.57 Å². The summed E-state index contributed by atoms with van der Waals surface area (Å²) < 4.78 is 2.37. The summed E-state index contributed by atoms with van der Waals surface area (Å²) >= 11 is 0. The third-order valence-corrected chi connectivity index (χ3v) is 14.0. The number of benzene rings is 11. The number of fused-ring (bicyclic) bond motifs is 3. The minimum Gasteiger partial charge on any atom is -0.309 e. The highest BCUT2D eigenvalue weighted by atomic mass is 15.0. The maximum absolute atomic E-state index is 5.37. The molecular weight excluding hydrogens is 883 g/mol. The lowest BCUT2D eigenvalue weighted by atomic mass is 9.95. The number of aromatic nitrogens is 3. The molecule has 0 N–H and O–H groups in total. The molecule has 11 aromatic carbocycles. The highest BCUT2D eigenvalue weighted by Gasteiger charge is 2.16. The summed E-state index contributed by atoms with van der Waals surface area (Å²) in [7, 11) is 0. The molecule has 3 nitrogen and oxygen atoms in total. The summed E-state index contributed by atoms with van der Waals surface area (Å²) in [6.45, 7) is 0. The Labute approximate surface area is 425 Å². The topological polar surface area (TPSA) is 30.7 Å². The first kappa shape index (κ1) is 43.3. The maximum atomic E-state index is 5.37. The zero-order chi connectivity index (χ0) is 48.5. The van der Waals surface area contributed by atoms with Gasteiger partial charge in [0.15, 0.2) is 5.82 Å². The Kier molecular flexibility index (Phi) is 11.2. The van der Waals surface area contributed by atoms with Gasteiger partial charge in [0.05, 0.1) is 22.4 Å². The van der Waals surface area contributed by atoms with Crippen molar-refractivity contribution < 1.29 is 0 Å². The quantitative estimate of drug-likeness (QED) is 0.137. The third kappa shape index (κ3) is 8.60. The van der Waals surface area contributed by atoms with Gasteiger partial charge in [0.2, 0.25) is 0 Å². The average molecular weight is 930 g/mol. The molecule has 0 aliphatic heterocycles. The molecule has 0 unspecified atom stereocenters. The van der Waals surface area contributed by atoms with Gasteiger partial charge in [0, 0.05) is 33.2 Å². The van der Waals surface area contributed by atoms with Crippen LogP contribution in [0.3, 0.4) is 0 Å². The summed E-state index contributed by atoms with van der Waals surface area (Å²) in [5.41, 5.74) is 22.1. The van der Waals surface area contributed by atoms with Crippen molar-refractivity contribution in [3.63, 3.8) is 0 Å². The maximum Gasteiger partial charge on any atom is 0.160 e. The van der Waals surface area contributed by atoms with Crippen LogP contribution in [0.5, 0.6) is 0 Å². The Morgan fingerprint density at radius 1 is 0.205 bits per heavy atom. The van der Waals surface area contributed by atoms with Crippen LogP contribution in [0.25, 0.3) is 128 Å². The lowest BCUT2D eigenvalue weighted by molar-refractivity contribution is 1.18. The zero-order valence-electron chi connectivity index (χ0n) is 40.0. The molecule has 0 atom stereocenters. The predicted molar refractivity (Wildman–Crippen MR) is 305 cm³/mol. The van der Waals surface area contributed by atoms with Crippen molar-refractivity contribution in [1.29, 1.82) is 0 Å². The fourth-order valence-electron chi connectivity index (χ4n) is 10.3. The minimum atomic E-state index is 0.668. The number of nitrogens with zero attached hydrogens (tertiary/aromatic N) is 3. The molecule has 73 heavy (non-hydrogen) atoms. The van der Waals surface area contributed by atoms with Crippen molar-refractivity contribution >= 4 is 21.8 Å². The number of hydrogen-bond donors (Lipinski definition) is 0. The van der Waals surface area contributed by atoms with Gasteiger partial charge in [-0.05, 0) is 127 Å². The molecule has 0 saturated heterocycles. The van der Waals surface area contributed by atoms with Gasteiger partial charge in [0.1, 0.15) is 0 Å². The Morgan fingerprint density at radius 2 is 0.521 bits per heavy atom. The molecule has 0 amide bonds. The second-order valence-corrected chi connectivity index (χ2v) is 18.6. The van der Waals surface area contributed by atoms with Crippen LogP contribution in [-0.2, 0) is 0 Å². The van der Waals surface area contributed by atoms with Crippen molar-refractivity contribution in [2.45, 2.75) is 0 Å². The van der Waals surface area contributed by atoms with Crippen molar-refractivity contribution in [1.82, 2.24) is 14.5 Å². The molecule has 0 fully saturated rings. The van der Waals surface area contributed by atoms with E-state index in [1.165, 1.54) is 55.2 Å². The first-order valence-electron chi connectivity index (χ1n) is 24.9. The largest absolute Gasteiger partial charge is 0.309 e. The average Bonchev–Trinajstić information content (AvgIpc) is 3.82. The van der Waals surface area contributed by atoms with Gasteiger partial charge in [0.25, 0.3) is 0 Å². The van der Waals surface area contributed by atoms with E-state index < -0.39 is 0 Å². The Morgan fingerprint density at radius 3 is 1.01 bits per heavy atom.